The van der Waals surface area contributed by atoms with Crippen molar-refractivity contribution in [3.63, 3.8) is 0 Å². The molecule has 0 aromatic carbocycles. The van der Waals surface area contributed by atoms with Gasteiger partial charge in [0, 0.05) is 19.9 Å². The van der Waals surface area contributed by atoms with Gasteiger partial charge >= 0.3 is 5.69 Å². The zero-order chi connectivity index (χ0) is 9.84. The SMILES string of the molecule is CCOCc1cn(C)c(=O)[nH]c1=O. The molecule has 5 heteroatoms. The van der Waals surface area contributed by atoms with E-state index in [0.29, 0.717) is 12.2 Å². The molecule has 0 aliphatic heterocycles. The van der Waals surface area contributed by atoms with Crippen LogP contribution in [0.1, 0.15) is 12.5 Å². The molecule has 1 aromatic heterocycles. The molecule has 0 saturated carbocycles. The molecule has 0 fully saturated rings. The fourth-order valence-electron chi connectivity index (χ4n) is 0.931. The third-order valence-electron chi connectivity index (χ3n) is 1.64. The van der Waals surface area contributed by atoms with E-state index in [0.717, 1.165) is 0 Å². The Bertz CT molecular complexity index is 391. The maximum Gasteiger partial charge on any atom is 0.328 e. The van der Waals surface area contributed by atoms with Crippen molar-refractivity contribution in [2.45, 2.75) is 13.5 Å². The number of H-pyrrole nitrogens is 1. The summed E-state index contributed by atoms with van der Waals surface area (Å²) in [6.07, 6.45) is 1.48. The van der Waals surface area contributed by atoms with Crippen LogP contribution in [-0.2, 0) is 18.4 Å². The van der Waals surface area contributed by atoms with Gasteiger partial charge in [0.15, 0.2) is 0 Å². The lowest BCUT2D eigenvalue weighted by molar-refractivity contribution is 0.132. The van der Waals surface area contributed by atoms with Crippen LogP contribution < -0.4 is 11.2 Å². The predicted octanol–water partition coefficient (Wildman–Crippen LogP) is -0.390. The Morgan fingerprint density at radius 1 is 1.54 bits per heavy atom. The molecular weight excluding hydrogens is 172 g/mol. The lowest BCUT2D eigenvalue weighted by atomic mass is 10.3. The summed E-state index contributed by atoms with van der Waals surface area (Å²) in [5.41, 5.74) is -0.328. The number of aryl methyl sites for hydroxylation is 1. The van der Waals surface area contributed by atoms with Crippen molar-refractivity contribution in [1.29, 1.82) is 0 Å². The zero-order valence-electron chi connectivity index (χ0n) is 7.66. The molecule has 1 heterocycles. The standard InChI is InChI=1S/C8H12N2O3/c1-3-13-5-6-4-10(2)8(12)9-7(6)11/h4H,3,5H2,1-2H3,(H,9,11,12). The van der Waals surface area contributed by atoms with Crippen LogP contribution in [0.5, 0.6) is 0 Å². The normalized spacial score (nSPS) is 10.3. The van der Waals surface area contributed by atoms with E-state index in [4.69, 9.17) is 4.74 Å². The largest absolute Gasteiger partial charge is 0.377 e. The Morgan fingerprint density at radius 2 is 2.23 bits per heavy atom. The Morgan fingerprint density at radius 3 is 2.85 bits per heavy atom. The molecular formula is C8H12N2O3. The van der Waals surface area contributed by atoms with Crippen LogP contribution in [-0.4, -0.2) is 16.2 Å². The molecule has 0 atom stereocenters. The van der Waals surface area contributed by atoms with E-state index in [2.05, 4.69) is 4.98 Å². The Kier molecular flexibility index (Phi) is 3.02. The molecule has 72 valence electrons. The molecule has 1 rings (SSSR count). The molecule has 0 amide bonds. The minimum Gasteiger partial charge on any atom is -0.377 e. The molecule has 0 aliphatic rings. The number of aromatic amines is 1. The van der Waals surface area contributed by atoms with Crippen LogP contribution in [0.15, 0.2) is 15.8 Å². The summed E-state index contributed by atoms with van der Waals surface area (Å²) in [4.78, 5) is 24.3. The summed E-state index contributed by atoms with van der Waals surface area (Å²) in [5, 5.41) is 0. The molecule has 0 bridgehead atoms. The fraction of sp³-hybridized carbons (Fsp3) is 0.500. The molecule has 1 N–H and O–H groups in total. The number of ether oxygens (including phenoxy) is 1. The van der Waals surface area contributed by atoms with Crippen molar-refractivity contribution in [3.05, 3.63) is 32.6 Å². The van der Waals surface area contributed by atoms with Crippen molar-refractivity contribution < 1.29 is 4.74 Å². The van der Waals surface area contributed by atoms with Crippen molar-refractivity contribution >= 4 is 0 Å². The smallest absolute Gasteiger partial charge is 0.328 e. The van der Waals surface area contributed by atoms with Crippen molar-refractivity contribution in [3.8, 4) is 0 Å². The third kappa shape index (κ3) is 2.29. The quantitative estimate of drug-likeness (QED) is 0.695. The van der Waals surface area contributed by atoms with Crippen LogP contribution in [0, 0.1) is 0 Å². The van der Waals surface area contributed by atoms with E-state index >= 15 is 0 Å². The van der Waals surface area contributed by atoms with E-state index in [1.54, 1.807) is 7.05 Å². The van der Waals surface area contributed by atoms with Gasteiger partial charge in [0.2, 0.25) is 0 Å². The van der Waals surface area contributed by atoms with Gasteiger partial charge in [-0.05, 0) is 6.92 Å². The highest BCUT2D eigenvalue weighted by Gasteiger charge is 2.01. The van der Waals surface area contributed by atoms with Crippen LogP contribution in [0.4, 0.5) is 0 Å². The summed E-state index contributed by atoms with van der Waals surface area (Å²) < 4.78 is 6.38. The monoisotopic (exact) mass is 184 g/mol. The van der Waals surface area contributed by atoms with E-state index in [1.165, 1.54) is 10.8 Å². The van der Waals surface area contributed by atoms with Crippen LogP contribution in [0.25, 0.3) is 0 Å². The molecule has 13 heavy (non-hydrogen) atoms. The maximum atomic E-state index is 11.1. The highest BCUT2D eigenvalue weighted by atomic mass is 16.5. The van der Waals surface area contributed by atoms with Crippen molar-refractivity contribution in [1.82, 2.24) is 9.55 Å². The lowest BCUT2D eigenvalue weighted by Crippen LogP contribution is -2.30. The molecule has 0 spiro atoms. The highest BCUT2D eigenvalue weighted by molar-refractivity contribution is 5.02. The second kappa shape index (κ2) is 4.04. The van der Waals surface area contributed by atoms with Crippen molar-refractivity contribution in [2.75, 3.05) is 6.61 Å². The van der Waals surface area contributed by atoms with Gasteiger partial charge in [-0.2, -0.15) is 0 Å². The van der Waals surface area contributed by atoms with E-state index in [9.17, 15) is 9.59 Å². The van der Waals surface area contributed by atoms with Gasteiger partial charge < -0.3 is 9.30 Å². The summed E-state index contributed by atoms with van der Waals surface area (Å²) in [6.45, 7) is 2.62. The van der Waals surface area contributed by atoms with Gasteiger partial charge in [-0.15, -0.1) is 0 Å². The van der Waals surface area contributed by atoms with Crippen LogP contribution >= 0.6 is 0 Å². The molecule has 1 aromatic rings. The molecule has 0 unspecified atom stereocenters. The molecule has 0 radical (unpaired) electrons. The summed E-state index contributed by atoms with van der Waals surface area (Å²) in [7, 11) is 1.58. The topological polar surface area (TPSA) is 64.1 Å². The van der Waals surface area contributed by atoms with Gasteiger partial charge in [-0.25, -0.2) is 4.79 Å². The summed E-state index contributed by atoms with van der Waals surface area (Å²) >= 11 is 0. The lowest BCUT2D eigenvalue weighted by Gasteiger charge is -2.01. The fourth-order valence-corrected chi connectivity index (χ4v) is 0.931. The minimum absolute atomic E-state index is 0.236. The Balaban J connectivity index is 3.02. The molecule has 0 aliphatic carbocycles. The zero-order valence-corrected chi connectivity index (χ0v) is 7.66. The van der Waals surface area contributed by atoms with Crippen molar-refractivity contribution in [2.24, 2.45) is 7.05 Å². The van der Waals surface area contributed by atoms with Gasteiger partial charge in [-0.3, -0.25) is 9.78 Å². The number of rotatable bonds is 3. The number of hydrogen-bond acceptors (Lipinski definition) is 3. The number of hydrogen-bond donors (Lipinski definition) is 1. The van der Waals surface area contributed by atoms with Crippen LogP contribution in [0.3, 0.4) is 0 Å². The molecule has 0 saturated heterocycles. The van der Waals surface area contributed by atoms with E-state index in [1.807, 2.05) is 6.92 Å². The number of nitrogens with one attached hydrogen (secondary N) is 1. The second-order valence-corrected chi connectivity index (χ2v) is 2.66. The first kappa shape index (κ1) is 9.73. The summed E-state index contributed by atoms with van der Waals surface area (Å²) in [5.74, 6) is 0. The average molecular weight is 184 g/mol. The van der Waals surface area contributed by atoms with Gasteiger partial charge in [0.25, 0.3) is 5.56 Å². The van der Waals surface area contributed by atoms with Gasteiger partial charge in [0.1, 0.15) is 0 Å². The predicted molar refractivity (Wildman–Crippen MR) is 47.6 cm³/mol. The average Bonchev–Trinajstić information content (AvgIpc) is 2.09. The summed E-state index contributed by atoms with van der Waals surface area (Å²) in [6, 6.07) is 0. The first-order valence-electron chi connectivity index (χ1n) is 4.01. The molecule has 5 nitrogen and oxygen atoms in total. The minimum atomic E-state index is -0.412. The third-order valence-corrected chi connectivity index (χ3v) is 1.64. The van der Waals surface area contributed by atoms with Crippen LogP contribution in [0.2, 0.25) is 0 Å². The first-order valence-corrected chi connectivity index (χ1v) is 4.01. The maximum absolute atomic E-state index is 11.1. The highest BCUT2D eigenvalue weighted by Crippen LogP contribution is 1.89. The Labute approximate surface area is 75.0 Å². The number of aromatic nitrogens is 2. The Hall–Kier alpha value is -1.36. The first-order chi connectivity index (χ1) is 6.15. The van der Waals surface area contributed by atoms with Gasteiger partial charge in [0.05, 0.1) is 12.2 Å². The van der Waals surface area contributed by atoms with Gasteiger partial charge in [-0.1, -0.05) is 0 Å². The van der Waals surface area contributed by atoms with E-state index in [-0.39, 0.29) is 12.2 Å². The second-order valence-electron chi connectivity index (χ2n) is 2.66. The van der Waals surface area contributed by atoms with E-state index < -0.39 is 5.69 Å². The number of nitrogens with zero attached hydrogens (tertiary/aromatic N) is 1.